The topological polar surface area (TPSA) is 0 Å². The fraction of sp³-hybridized carbons (Fsp3) is 1.00. The second-order valence-corrected chi connectivity index (χ2v) is 3.31. The number of hydrogen-bond donors (Lipinski definition) is 0. The zero-order valence-corrected chi connectivity index (χ0v) is 5.83. The average molecular weight is 169 g/mol. The molecule has 36 valence electrons. The summed E-state index contributed by atoms with van der Waals surface area (Å²) in [5, 5.41) is 0.407. The first-order chi connectivity index (χ1) is 2.73. The van der Waals surface area contributed by atoms with Crippen LogP contribution < -0.4 is 0 Å². The number of hydrogen-bond acceptors (Lipinski definition) is 0. The molecule has 0 saturated heterocycles. The van der Waals surface area contributed by atoms with Gasteiger partial charge in [-0.1, -0.05) is 22.9 Å². The van der Waals surface area contributed by atoms with Gasteiger partial charge in [-0.05, 0) is 5.92 Å². The van der Waals surface area contributed by atoms with E-state index >= 15 is 0 Å². The van der Waals surface area contributed by atoms with Crippen LogP contribution in [0.3, 0.4) is 0 Å². The fourth-order valence-electron chi connectivity index (χ4n) is 0.368. The van der Waals surface area contributed by atoms with Crippen molar-refractivity contribution in [1.29, 1.82) is 0 Å². The first-order valence-electron chi connectivity index (χ1n) is 2.01. The van der Waals surface area contributed by atoms with Crippen molar-refractivity contribution in [3.05, 3.63) is 0 Å². The smallest absolute Gasteiger partial charge is 0.0500 e. The van der Waals surface area contributed by atoms with Crippen molar-refractivity contribution in [1.82, 2.24) is 0 Å². The Bertz CT molecular complexity index is 44.3. The minimum atomic E-state index is 0.407. The molecule has 0 N–H and O–H groups in total. The molecule has 1 rings (SSSR count). The minimum Gasteiger partial charge on any atom is -0.121 e. The highest BCUT2D eigenvalue weighted by Gasteiger charge is 2.42. The van der Waals surface area contributed by atoms with E-state index in [0.29, 0.717) is 16.1 Å². The van der Waals surface area contributed by atoms with E-state index in [4.69, 9.17) is 11.6 Å². The van der Waals surface area contributed by atoms with E-state index in [9.17, 15) is 0 Å². The molecular weight excluding hydrogens is 163 g/mol. The van der Waals surface area contributed by atoms with Crippen LogP contribution in [0.5, 0.6) is 0 Å². The third-order valence-corrected chi connectivity index (χ3v) is 3.54. The van der Waals surface area contributed by atoms with Crippen LogP contribution in [0.25, 0.3) is 0 Å². The van der Waals surface area contributed by atoms with Crippen LogP contribution in [0.1, 0.15) is 6.92 Å². The largest absolute Gasteiger partial charge is 0.121 e. The summed E-state index contributed by atoms with van der Waals surface area (Å²) in [6.07, 6.45) is 0. The highest BCUT2D eigenvalue weighted by atomic mass is 79.9. The lowest BCUT2D eigenvalue weighted by molar-refractivity contribution is 0.993. The highest BCUT2D eigenvalue weighted by Crippen LogP contribution is 2.42. The molecule has 2 heteroatoms. The van der Waals surface area contributed by atoms with E-state index in [-0.39, 0.29) is 0 Å². The van der Waals surface area contributed by atoms with E-state index in [1.807, 2.05) is 0 Å². The van der Waals surface area contributed by atoms with Gasteiger partial charge in [0.2, 0.25) is 0 Å². The second-order valence-electron chi connectivity index (χ2n) is 1.75. The van der Waals surface area contributed by atoms with Crippen LogP contribution in [0.4, 0.5) is 0 Å². The summed E-state index contributed by atoms with van der Waals surface area (Å²) < 4.78 is 0. The molecule has 0 heterocycles. The molecule has 0 spiro atoms. The van der Waals surface area contributed by atoms with Gasteiger partial charge in [0, 0.05) is 4.83 Å². The Balaban J connectivity index is 2.31. The Kier molecular flexibility index (Phi) is 1.13. The third kappa shape index (κ3) is 0.584. The predicted octanol–water partition coefficient (Wildman–Crippen LogP) is 2.01. The van der Waals surface area contributed by atoms with E-state index in [1.165, 1.54) is 0 Å². The lowest BCUT2D eigenvalue weighted by Gasteiger charge is -1.63. The molecule has 0 nitrogen and oxygen atoms in total. The molecule has 1 fully saturated rings. The van der Waals surface area contributed by atoms with Crippen LogP contribution in [-0.2, 0) is 0 Å². The maximum absolute atomic E-state index is 5.64. The average Bonchev–Trinajstić information content (AvgIpc) is 1.94. The number of alkyl halides is 2. The van der Waals surface area contributed by atoms with Crippen LogP contribution in [0.15, 0.2) is 0 Å². The summed E-state index contributed by atoms with van der Waals surface area (Å²) in [4.78, 5) is 0.596. The lowest BCUT2D eigenvalue weighted by Crippen LogP contribution is -1.62. The van der Waals surface area contributed by atoms with Gasteiger partial charge >= 0.3 is 0 Å². The molecule has 0 radical (unpaired) electrons. The zero-order valence-electron chi connectivity index (χ0n) is 3.49. The molecule has 0 amide bonds. The molecule has 0 aromatic heterocycles. The molecule has 3 atom stereocenters. The summed E-state index contributed by atoms with van der Waals surface area (Å²) in [5.41, 5.74) is 0. The van der Waals surface area contributed by atoms with Crippen LogP contribution in [0.2, 0.25) is 0 Å². The van der Waals surface area contributed by atoms with Crippen molar-refractivity contribution in [2.24, 2.45) is 5.92 Å². The van der Waals surface area contributed by atoms with Gasteiger partial charge in [0.15, 0.2) is 0 Å². The molecule has 0 aromatic rings. The summed E-state index contributed by atoms with van der Waals surface area (Å²) >= 11 is 9.02. The molecule has 3 unspecified atom stereocenters. The fourth-order valence-corrected chi connectivity index (χ4v) is 1.48. The molecule has 0 aliphatic heterocycles. The number of halogens is 2. The standard InChI is InChI=1S/C4H6BrCl/c1-2-3(5)4(2)6/h2-4H,1H3. The van der Waals surface area contributed by atoms with Gasteiger partial charge in [0.05, 0.1) is 5.38 Å². The van der Waals surface area contributed by atoms with E-state index < -0.39 is 0 Å². The first kappa shape index (κ1) is 4.92. The lowest BCUT2D eigenvalue weighted by atomic mass is 10.5. The maximum Gasteiger partial charge on any atom is 0.0500 e. The van der Waals surface area contributed by atoms with E-state index in [0.717, 1.165) is 0 Å². The molecule has 6 heavy (non-hydrogen) atoms. The Morgan fingerprint density at radius 2 is 1.83 bits per heavy atom. The van der Waals surface area contributed by atoms with Gasteiger partial charge < -0.3 is 0 Å². The van der Waals surface area contributed by atoms with Gasteiger partial charge in [-0.15, -0.1) is 11.6 Å². The Morgan fingerprint density at radius 1 is 1.67 bits per heavy atom. The van der Waals surface area contributed by atoms with Crippen molar-refractivity contribution < 1.29 is 0 Å². The van der Waals surface area contributed by atoms with E-state index in [1.54, 1.807) is 0 Å². The normalized spacial score (nSPS) is 55.5. The number of rotatable bonds is 0. The van der Waals surface area contributed by atoms with Crippen LogP contribution in [0, 0.1) is 5.92 Å². The quantitative estimate of drug-likeness (QED) is 0.487. The summed E-state index contributed by atoms with van der Waals surface area (Å²) in [6, 6.07) is 0. The first-order valence-corrected chi connectivity index (χ1v) is 3.37. The van der Waals surface area contributed by atoms with Crippen molar-refractivity contribution in [3.8, 4) is 0 Å². The van der Waals surface area contributed by atoms with Gasteiger partial charge in [0.1, 0.15) is 0 Å². The molecule has 0 bridgehead atoms. The Labute approximate surface area is 51.0 Å². The van der Waals surface area contributed by atoms with Gasteiger partial charge in [-0.3, -0.25) is 0 Å². The molecule has 1 aliphatic rings. The van der Waals surface area contributed by atoms with Crippen molar-refractivity contribution in [2.45, 2.75) is 17.1 Å². The second kappa shape index (κ2) is 1.38. The zero-order chi connectivity index (χ0) is 4.73. The SMILES string of the molecule is CC1C(Cl)C1Br. The summed E-state index contributed by atoms with van der Waals surface area (Å²) in [5.74, 6) is 0.701. The minimum absolute atomic E-state index is 0.407. The van der Waals surface area contributed by atoms with Gasteiger partial charge in [0.25, 0.3) is 0 Å². The maximum atomic E-state index is 5.64. The monoisotopic (exact) mass is 168 g/mol. The van der Waals surface area contributed by atoms with Crippen LogP contribution in [-0.4, -0.2) is 10.2 Å². The van der Waals surface area contributed by atoms with Crippen molar-refractivity contribution in [2.75, 3.05) is 0 Å². The Morgan fingerprint density at radius 3 is 1.83 bits per heavy atom. The summed E-state index contributed by atoms with van der Waals surface area (Å²) in [6.45, 7) is 2.14. The van der Waals surface area contributed by atoms with E-state index in [2.05, 4.69) is 22.9 Å². The highest BCUT2D eigenvalue weighted by molar-refractivity contribution is 9.09. The van der Waals surface area contributed by atoms with Crippen molar-refractivity contribution in [3.63, 3.8) is 0 Å². The molecular formula is C4H6BrCl. The predicted molar refractivity (Wildman–Crippen MR) is 31.5 cm³/mol. The Hall–Kier alpha value is 0.770. The van der Waals surface area contributed by atoms with Crippen molar-refractivity contribution >= 4 is 27.5 Å². The van der Waals surface area contributed by atoms with Gasteiger partial charge in [-0.25, -0.2) is 0 Å². The molecule has 0 aromatic carbocycles. The van der Waals surface area contributed by atoms with Crippen LogP contribution >= 0.6 is 27.5 Å². The van der Waals surface area contributed by atoms with Gasteiger partial charge in [-0.2, -0.15) is 0 Å². The molecule has 1 aliphatic carbocycles. The molecule has 1 saturated carbocycles. The third-order valence-electron chi connectivity index (χ3n) is 1.17. The summed E-state index contributed by atoms with van der Waals surface area (Å²) in [7, 11) is 0.